The van der Waals surface area contributed by atoms with E-state index in [1.54, 1.807) is 52.9 Å². The predicted molar refractivity (Wildman–Crippen MR) is 92.1 cm³/mol. The average molecular weight is 335 g/mol. The first kappa shape index (κ1) is 19.5. The highest BCUT2D eigenvalue weighted by molar-refractivity contribution is 5.97. The molecule has 24 heavy (non-hydrogen) atoms. The molecule has 1 aromatic rings. The van der Waals surface area contributed by atoms with Gasteiger partial charge in [-0.3, -0.25) is 9.59 Å². The minimum Gasteiger partial charge on any atom is -0.444 e. The van der Waals surface area contributed by atoms with Crippen molar-refractivity contribution >= 4 is 23.6 Å². The molecule has 0 atom stereocenters. The number of anilines is 1. The number of hydrogen-bond acceptors (Lipinski definition) is 4. The Balaban J connectivity index is 2.68. The van der Waals surface area contributed by atoms with E-state index in [9.17, 15) is 14.4 Å². The first-order valence-electron chi connectivity index (χ1n) is 7.60. The third-order valence-corrected chi connectivity index (χ3v) is 3.08. The number of rotatable bonds is 4. The van der Waals surface area contributed by atoms with Crippen molar-refractivity contribution in [2.24, 2.45) is 0 Å². The van der Waals surface area contributed by atoms with E-state index in [1.807, 2.05) is 0 Å². The number of amides is 3. The third-order valence-electron chi connectivity index (χ3n) is 3.08. The van der Waals surface area contributed by atoms with Crippen molar-refractivity contribution in [3.8, 4) is 0 Å². The monoisotopic (exact) mass is 335 g/mol. The van der Waals surface area contributed by atoms with Gasteiger partial charge in [0.05, 0.1) is 0 Å². The van der Waals surface area contributed by atoms with Crippen LogP contribution in [-0.2, 0) is 9.53 Å². The van der Waals surface area contributed by atoms with Gasteiger partial charge in [0.15, 0.2) is 0 Å². The van der Waals surface area contributed by atoms with Gasteiger partial charge >= 0.3 is 6.09 Å². The van der Waals surface area contributed by atoms with Gasteiger partial charge in [-0.25, -0.2) is 4.79 Å². The molecule has 7 heteroatoms. The number of benzene rings is 1. The van der Waals surface area contributed by atoms with Crippen LogP contribution in [-0.4, -0.2) is 49.0 Å². The molecule has 0 saturated heterocycles. The Hall–Kier alpha value is -2.57. The summed E-state index contributed by atoms with van der Waals surface area (Å²) in [7, 11) is 3.05. The zero-order valence-corrected chi connectivity index (χ0v) is 15.0. The van der Waals surface area contributed by atoms with E-state index in [-0.39, 0.29) is 18.4 Å². The topological polar surface area (TPSA) is 87.7 Å². The van der Waals surface area contributed by atoms with Crippen molar-refractivity contribution in [1.82, 2.24) is 10.2 Å². The average Bonchev–Trinajstić information content (AvgIpc) is 2.46. The molecule has 0 radical (unpaired) electrons. The maximum Gasteiger partial charge on any atom is 0.410 e. The fourth-order valence-corrected chi connectivity index (χ4v) is 1.90. The summed E-state index contributed by atoms with van der Waals surface area (Å²) in [5, 5.41) is 5.26. The van der Waals surface area contributed by atoms with Crippen LogP contribution < -0.4 is 10.6 Å². The molecule has 0 aromatic heterocycles. The zero-order valence-electron chi connectivity index (χ0n) is 15.0. The molecule has 0 fully saturated rings. The van der Waals surface area contributed by atoms with Crippen LogP contribution in [0.2, 0.25) is 0 Å². The van der Waals surface area contributed by atoms with E-state index in [0.29, 0.717) is 11.3 Å². The van der Waals surface area contributed by atoms with E-state index in [2.05, 4.69) is 10.6 Å². The van der Waals surface area contributed by atoms with Crippen LogP contribution in [0.15, 0.2) is 18.2 Å². The van der Waals surface area contributed by atoms with Gasteiger partial charge in [-0.1, -0.05) is 0 Å². The Morgan fingerprint density at radius 2 is 1.83 bits per heavy atom. The molecule has 2 N–H and O–H groups in total. The van der Waals surface area contributed by atoms with Gasteiger partial charge in [-0.2, -0.15) is 0 Å². The van der Waals surface area contributed by atoms with Crippen LogP contribution >= 0.6 is 0 Å². The summed E-state index contributed by atoms with van der Waals surface area (Å²) in [6.07, 6.45) is -0.565. The van der Waals surface area contributed by atoms with Gasteiger partial charge in [0.2, 0.25) is 5.91 Å². The highest BCUT2D eigenvalue weighted by Crippen LogP contribution is 2.17. The summed E-state index contributed by atoms with van der Waals surface area (Å²) in [5.41, 5.74) is 1.24. The summed E-state index contributed by atoms with van der Waals surface area (Å²) >= 11 is 0. The van der Waals surface area contributed by atoms with Gasteiger partial charge in [-0.15, -0.1) is 0 Å². The molecule has 0 heterocycles. The van der Waals surface area contributed by atoms with Crippen molar-refractivity contribution in [3.05, 3.63) is 29.3 Å². The number of nitrogens with zero attached hydrogens (tertiary/aromatic N) is 1. The lowest BCUT2D eigenvalue weighted by atomic mass is 10.1. The molecule has 0 aliphatic heterocycles. The molecule has 0 saturated carbocycles. The summed E-state index contributed by atoms with van der Waals surface area (Å²) < 4.78 is 5.19. The first-order valence-corrected chi connectivity index (χ1v) is 7.60. The Labute approximate surface area is 142 Å². The van der Waals surface area contributed by atoms with E-state index in [4.69, 9.17) is 4.74 Å². The summed E-state index contributed by atoms with van der Waals surface area (Å²) in [6, 6.07) is 4.97. The standard InChI is InChI=1S/C17H25N3O4/c1-11-9-12(15(22)18-5)7-8-13(11)19-14(21)10-20(6)16(23)24-17(2,3)4/h7-9H,10H2,1-6H3,(H,18,22)(H,19,21). The van der Waals surface area contributed by atoms with Crippen molar-refractivity contribution in [3.63, 3.8) is 0 Å². The van der Waals surface area contributed by atoms with Crippen LogP contribution in [0.4, 0.5) is 10.5 Å². The lowest BCUT2D eigenvalue weighted by Gasteiger charge is -2.24. The molecule has 1 aromatic carbocycles. The maximum atomic E-state index is 12.1. The maximum absolute atomic E-state index is 12.1. The van der Waals surface area contributed by atoms with Crippen molar-refractivity contribution in [1.29, 1.82) is 0 Å². The summed E-state index contributed by atoms with van der Waals surface area (Å²) in [6.45, 7) is 6.94. The molecular weight excluding hydrogens is 310 g/mol. The highest BCUT2D eigenvalue weighted by Gasteiger charge is 2.21. The second kappa shape index (κ2) is 7.81. The van der Waals surface area contributed by atoms with Gasteiger partial charge in [0.1, 0.15) is 12.1 Å². The van der Waals surface area contributed by atoms with Crippen molar-refractivity contribution in [2.75, 3.05) is 26.0 Å². The minimum atomic E-state index is -0.617. The van der Waals surface area contributed by atoms with Crippen LogP contribution in [0.1, 0.15) is 36.7 Å². The number of likely N-dealkylation sites (N-methyl/N-ethyl adjacent to an activating group) is 1. The van der Waals surface area contributed by atoms with Crippen LogP contribution in [0.5, 0.6) is 0 Å². The van der Waals surface area contributed by atoms with Crippen molar-refractivity contribution < 1.29 is 19.1 Å². The van der Waals surface area contributed by atoms with Gasteiger partial charge < -0.3 is 20.3 Å². The Kier molecular flexibility index (Phi) is 6.34. The van der Waals surface area contributed by atoms with Crippen LogP contribution in [0.25, 0.3) is 0 Å². The lowest BCUT2D eigenvalue weighted by Crippen LogP contribution is -2.38. The van der Waals surface area contributed by atoms with E-state index in [1.165, 1.54) is 11.9 Å². The second-order valence-electron chi connectivity index (χ2n) is 6.49. The highest BCUT2D eigenvalue weighted by atomic mass is 16.6. The SMILES string of the molecule is CNC(=O)c1ccc(NC(=O)CN(C)C(=O)OC(C)(C)C)c(C)c1. The molecule has 0 spiro atoms. The predicted octanol–water partition coefficient (Wildman–Crippen LogP) is 2.16. The fraction of sp³-hybridized carbons (Fsp3) is 0.471. The first-order chi connectivity index (χ1) is 11.0. The Morgan fingerprint density at radius 3 is 2.33 bits per heavy atom. The molecule has 132 valence electrons. The zero-order chi connectivity index (χ0) is 18.5. The lowest BCUT2D eigenvalue weighted by molar-refractivity contribution is -0.117. The largest absolute Gasteiger partial charge is 0.444 e. The second-order valence-corrected chi connectivity index (χ2v) is 6.49. The quantitative estimate of drug-likeness (QED) is 0.882. The van der Waals surface area contributed by atoms with Crippen LogP contribution in [0.3, 0.4) is 0 Å². The molecule has 0 bridgehead atoms. The minimum absolute atomic E-state index is 0.133. The normalized spacial score (nSPS) is 10.8. The van der Waals surface area contributed by atoms with Gasteiger partial charge in [0, 0.05) is 25.3 Å². The smallest absolute Gasteiger partial charge is 0.410 e. The van der Waals surface area contributed by atoms with Gasteiger partial charge in [-0.05, 0) is 51.5 Å². The fourth-order valence-electron chi connectivity index (χ4n) is 1.90. The molecular formula is C17H25N3O4. The Morgan fingerprint density at radius 1 is 1.21 bits per heavy atom. The van der Waals surface area contributed by atoms with Crippen LogP contribution in [0, 0.1) is 6.92 Å². The number of hydrogen-bond donors (Lipinski definition) is 2. The van der Waals surface area contributed by atoms with E-state index in [0.717, 1.165) is 5.56 Å². The number of aryl methyl sites for hydroxylation is 1. The molecule has 7 nitrogen and oxygen atoms in total. The van der Waals surface area contributed by atoms with Gasteiger partial charge in [0.25, 0.3) is 5.91 Å². The van der Waals surface area contributed by atoms with E-state index < -0.39 is 11.7 Å². The number of carbonyl (C=O) groups excluding carboxylic acids is 3. The molecule has 1 rings (SSSR count). The Bertz CT molecular complexity index is 635. The summed E-state index contributed by atoms with van der Waals surface area (Å²) in [4.78, 5) is 36.7. The molecule has 3 amide bonds. The number of carbonyl (C=O) groups is 3. The van der Waals surface area contributed by atoms with Crippen molar-refractivity contribution in [2.45, 2.75) is 33.3 Å². The number of ether oxygens (including phenoxy) is 1. The third kappa shape index (κ3) is 5.91. The molecule has 0 aliphatic carbocycles. The number of nitrogens with one attached hydrogen (secondary N) is 2. The molecule has 0 aliphatic rings. The molecule has 0 unspecified atom stereocenters. The summed E-state index contributed by atoms with van der Waals surface area (Å²) in [5.74, 6) is -0.542. The van der Waals surface area contributed by atoms with E-state index >= 15 is 0 Å².